The molecule has 0 heterocycles. The van der Waals surface area contributed by atoms with Gasteiger partial charge in [-0.25, -0.2) is 0 Å². The molecule has 0 aromatic heterocycles. The number of fused-ring (bicyclic) bond motifs is 1. The summed E-state index contributed by atoms with van der Waals surface area (Å²) in [5, 5.41) is 0. The normalized spacial score (nSPS) is 24.8. The van der Waals surface area contributed by atoms with Crippen molar-refractivity contribution in [1.29, 1.82) is 0 Å². The van der Waals surface area contributed by atoms with E-state index >= 15 is 0 Å². The van der Waals surface area contributed by atoms with E-state index in [4.69, 9.17) is 0 Å². The molecule has 1 aromatic rings. The highest BCUT2D eigenvalue weighted by molar-refractivity contribution is 5.54. The number of hydrogen-bond donors (Lipinski definition) is 0. The van der Waals surface area contributed by atoms with E-state index in [0.29, 0.717) is 6.07 Å². The van der Waals surface area contributed by atoms with Crippen LogP contribution in [0.25, 0.3) is 6.08 Å². The number of halogens is 8. The number of hydrogen-bond acceptors (Lipinski definition) is 0. The van der Waals surface area contributed by atoms with Gasteiger partial charge in [0.15, 0.2) is 0 Å². The van der Waals surface area contributed by atoms with Crippen LogP contribution in [0.1, 0.15) is 16.7 Å². The zero-order valence-electron chi connectivity index (χ0n) is 9.54. The fourth-order valence-corrected chi connectivity index (χ4v) is 1.96. The smallest absolute Gasteiger partial charge is 0.194 e. The van der Waals surface area contributed by atoms with Crippen molar-refractivity contribution in [3.8, 4) is 0 Å². The van der Waals surface area contributed by atoms with Crippen molar-refractivity contribution in [2.75, 3.05) is 0 Å². The third-order valence-corrected chi connectivity index (χ3v) is 3.14. The molecule has 0 aliphatic heterocycles. The average Bonchev–Trinajstić information content (AvgIpc) is 2.36. The summed E-state index contributed by atoms with van der Waals surface area (Å²) >= 11 is 0. The topological polar surface area (TPSA) is 0 Å². The molecule has 110 valence electrons. The lowest BCUT2D eigenvalue weighted by atomic mass is 9.79. The predicted molar refractivity (Wildman–Crippen MR) is 54.2 cm³/mol. The molecule has 20 heavy (non-hydrogen) atoms. The van der Waals surface area contributed by atoms with E-state index in [1.807, 2.05) is 0 Å². The van der Waals surface area contributed by atoms with Crippen molar-refractivity contribution in [1.82, 2.24) is 0 Å². The molecule has 0 saturated heterocycles. The van der Waals surface area contributed by atoms with Gasteiger partial charge in [-0.3, -0.25) is 0 Å². The molecular formula is C12H6F8. The fourth-order valence-electron chi connectivity index (χ4n) is 1.96. The summed E-state index contributed by atoms with van der Waals surface area (Å²) in [5.74, 6) is -23.2. The molecule has 8 heteroatoms. The molecule has 0 bridgehead atoms. The van der Waals surface area contributed by atoms with E-state index in [-0.39, 0.29) is 11.6 Å². The van der Waals surface area contributed by atoms with Crippen molar-refractivity contribution in [3.63, 3.8) is 0 Å². The summed E-state index contributed by atoms with van der Waals surface area (Å²) < 4.78 is 107. The van der Waals surface area contributed by atoms with Crippen LogP contribution in [-0.2, 0) is 11.8 Å². The molecule has 0 nitrogen and oxygen atoms in total. The van der Waals surface area contributed by atoms with Crippen LogP contribution in [0.15, 0.2) is 24.8 Å². The lowest BCUT2D eigenvalue weighted by Gasteiger charge is -2.42. The Balaban J connectivity index is 2.88. The molecule has 2 rings (SSSR count). The second-order valence-corrected chi connectivity index (χ2v) is 4.31. The van der Waals surface area contributed by atoms with Crippen LogP contribution in [0.2, 0.25) is 0 Å². The maximum atomic E-state index is 13.5. The summed E-state index contributed by atoms with van der Waals surface area (Å²) in [6, 6.07) is 1.40. The van der Waals surface area contributed by atoms with Crippen LogP contribution in [0, 0.1) is 0 Å². The molecule has 0 atom stereocenters. The van der Waals surface area contributed by atoms with E-state index in [2.05, 4.69) is 6.58 Å². The second-order valence-electron chi connectivity index (χ2n) is 4.31. The molecule has 0 spiro atoms. The largest absolute Gasteiger partial charge is 0.382 e. The molecule has 1 aliphatic carbocycles. The zero-order chi connectivity index (χ0) is 15.6. The molecule has 0 N–H and O–H groups in total. The molecule has 1 aliphatic rings. The second kappa shape index (κ2) is 3.73. The summed E-state index contributed by atoms with van der Waals surface area (Å²) in [5.41, 5.74) is -3.81. The van der Waals surface area contributed by atoms with Gasteiger partial charge in [0.1, 0.15) is 0 Å². The van der Waals surface area contributed by atoms with Crippen LogP contribution in [0.3, 0.4) is 0 Å². The van der Waals surface area contributed by atoms with E-state index < -0.39 is 34.8 Å². The first-order valence-corrected chi connectivity index (χ1v) is 5.20. The minimum absolute atomic E-state index is 0.166. The standard InChI is InChI=1S/C12H6F8/c1-2-6-3-4-7-8(5-6)10(15,16)12(19,20)11(17,18)9(7,13)14/h2-5H,1H2. The summed E-state index contributed by atoms with van der Waals surface area (Å²) in [6.07, 6.45) is 0.944. The first-order valence-electron chi connectivity index (χ1n) is 5.20. The zero-order valence-corrected chi connectivity index (χ0v) is 9.54. The monoisotopic (exact) mass is 302 g/mol. The molecular weight excluding hydrogens is 296 g/mol. The first kappa shape index (κ1) is 14.8. The van der Waals surface area contributed by atoms with E-state index in [9.17, 15) is 35.1 Å². The summed E-state index contributed by atoms with van der Waals surface area (Å²) in [7, 11) is 0. The van der Waals surface area contributed by atoms with Gasteiger partial charge in [0.2, 0.25) is 0 Å². The van der Waals surface area contributed by atoms with Gasteiger partial charge in [-0.05, 0) is 11.6 Å². The van der Waals surface area contributed by atoms with Gasteiger partial charge >= 0.3 is 23.7 Å². The number of alkyl halides is 8. The molecule has 1 aromatic carbocycles. The Labute approximate surface area is 107 Å². The third kappa shape index (κ3) is 1.42. The molecule has 0 radical (unpaired) electrons. The van der Waals surface area contributed by atoms with Crippen molar-refractivity contribution in [2.24, 2.45) is 0 Å². The van der Waals surface area contributed by atoms with Crippen molar-refractivity contribution in [2.45, 2.75) is 23.7 Å². The fraction of sp³-hybridized carbons (Fsp3) is 0.333. The van der Waals surface area contributed by atoms with Gasteiger partial charge in [-0.1, -0.05) is 24.8 Å². The lowest BCUT2D eigenvalue weighted by molar-refractivity contribution is -0.386. The molecule has 0 amide bonds. The lowest BCUT2D eigenvalue weighted by Crippen LogP contribution is -2.63. The maximum absolute atomic E-state index is 13.5. The Hall–Kier alpha value is -1.60. The van der Waals surface area contributed by atoms with Crippen LogP contribution in [-0.4, -0.2) is 11.8 Å². The van der Waals surface area contributed by atoms with Crippen molar-refractivity contribution >= 4 is 6.08 Å². The Kier molecular flexibility index (Phi) is 2.76. The van der Waals surface area contributed by atoms with Crippen LogP contribution < -0.4 is 0 Å². The van der Waals surface area contributed by atoms with E-state index in [1.54, 1.807) is 0 Å². The number of benzene rings is 1. The van der Waals surface area contributed by atoms with Crippen molar-refractivity contribution in [3.05, 3.63) is 41.5 Å². The van der Waals surface area contributed by atoms with Gasteiger partial charge in [-0.2, -0.15) is 35.1 Å². The highest BCUT2D eigenvalue weighted by Crippen LogP contribution is 2.64. The van der Waals surface area contributed by atoms with Gasteiger partial charge < -0.3 is 0 Å². The summed E-state index contributed by atoms with van der Waals surface area (Å²) in [6.45, 7) is 3.16. The van der Waals surface area contributed by atoms with Gasteiger partial charge in [0, 0.05) is 11.1 Å². The van der Waals surface area contributed by atoms with Crippen LogP contribution in [0.5, 0.6) is 0 Å². The Morgan fingerprint density at radius 3 is 1.65 bits per heavy atom. The first-order chi connectivity index (χ1) is 8.91. The molecule has 0 saturated carbocycles. The maximum Gasteiger partial charge on any atom is 0.382 e. The Bertz CT molecular complexity index is 573. The SMILES string of the molecule is C=Cc1ccc2c(c1)C(F)(F)C(F)(F)C(F)(F)C2(F)F. The highest BCUT2D eigenvalue weighted by Gasteiger charge is 2.85. The quantitative estimate of drug-likeness (QED) is 0.654. The van der Waals surface area contributed by atoms with E-state index in [0.717, 1.165) is 12.1 Å². The highest BCUT2D eigenvalue weighted by atomic mass is 19.4. The summed E-state index contributed by atoms with van der Waals surface area (Å²) in [4.78, 5) is 0. The van der Waals surface area contributed by atoms with Crippen molar-refractivity contribution < 1.29 is 35.1 Å². The van der Waals surface area contributed by atoms with E-state index in [1.165, 1.54) is 0 Å². The molecule has 0 fully saturated rings. The number of rotatable bonds is 1. The van der Waals surface area contributed by atoms with Crippen LogP contribution in [0.4, 0.5) is 35.1 Å². The minimum atomic E-state index is -6.21. The Morgan fingerprint density at radius 1 is 0.750 bits per heavy atom. The average molecular weight is 302 g/mol. The van der Waals surface area contributed by atoms with Gasteiger partial charge in [0.25, 0.3) is 0 Å². The minimum Gasteiger partial charge on any atom is -0.194 e. The van der Waals surface area contributed by atoms with Gasteiger partial charge in [0.05, 0.1) is 0 Å². The third-order valence-electron chi connectivity index (χ3n) is 3.14. The molecule has 0 unspecified atom stereocenters. The van der Waals surface area contributed by atoms with Crippen LogP contribution >= 0.6 is 0 Å². The predicted octanol–water partition coefficient (Wildman–Crippen LogP) is 4.80. The Morgan fingerprint density at radius 2 is 1.20 bits per heavy atom. The van der Waals surface area contributed by atoms with Gasteiger partial charge in [-0.15, -0.1) is 0 Å².